The summed E-state index contributed by atoms with van der Waals surface area (Å²) in [5, 5.41) is 0. The summed E-state index contributed by atoms with van der Waals surface area (Å²) in [6.07, 6.45) is 3.87. The molecule has 0 saturated carbocycles. The Kier molecular flexibility index (Phi) is 7.38. The first-order valence-corrected chi connectivity index (χ1v) is 9.30. The van der Waals surface area contributed by atoms with Crippen molar-refractivity contribution in [3.8, 4) is 5.75 Å². The van der Waals surface area contributed by atoms with E-state index in [0.29, 0.717) is 0 Å². The molecule has 0 aliphatic carbocycles. The van der Waals surface area contributed by atoms with Gasteiger partial charge in [-0.15, -0.1) is 0 Å². The van der Waals surface area contributed by atoms with Gasteiger partial charge in [0.05, 0.1) is 6.10 Å². The fraction of sp³-hybridized carbons (Fsp3) is 0.700. The van der Waals surface area contributed by atoms with Crippen molar-refractivity contribution < 1.29 is 4.74 Å². The van der Waals surface area contributed by atoms with Gasteiger partial charge in [-0.05, 0) is 64.3 Å². The van der Waals surface area contributed by atoms with Crippen molar-refractivity contribution >= 4 is 0 Å². The molecule has 130 valence electrons. The molecule has 0 aromatic heterocycles. The van der Waals surface area contributed by atoms with Crippen LogP contribution in [0.15, 0.2) is 24.3 Å². The Hall–Kier alpha value is -1.06. The molecular formula is C20H34N2O. The van der Waals surface area contributed by atoms with E-state index in [9.17, 15) is 0 Å². The minimum atomic E-state index is 0.243. The average Bonchev–Trinajstić information content (AvgIpc) is 2.54. The lowest BCUT2D eigenvalue weighted by Gasteiger charge is -2.37. The molecule has 1 fully saturated rings. The number of hydrogen-bond acceptors (Lipinski definition) is 3. The summed E-state index contributed by atoms with van der Waals surface area (Å²) < 4.78 is 5.78. The second kappa shape index (κ2) is 9.29. The fourth-order valence-corrected chi connectivity index (χ4v) is 3.24. The van der Waals surface area contributed by atoms with Gasteiger partial charge in [0, 0.05) is 32.2 Å². The van der Waals surface area contributed by atoms with Crippen LogP contribution in [0.5, 0.6) is 5.75 Å². The zero-order valence-electron chi connectivity index (χ0n) is 15.4. The van der Waals surface area contributed by atoms with Gasteiger partial charge in [0.1, 0.15) is 5.75 Å². The van der Waals surface area contributed by atoms with E-state index in [1.807, 2.05) is 0 Å². The lowest BCUT2D eigenvalue weighted by Crippen LogP contribution is -2.49. The predicted molar refractivity (Wildman–Crippen MR) is 98.3 cm³/mol. The third kappa shape index (κ3) is 6.15. The van der Waals surface area contributed by atoms with Crippen molar-refractivity contribution in [3.05, 3.63) is 29.8 Å². The van der Waals surface area contributed by atoms with Gasteiger partial charge < -0.3 is 9.64 Å². The molecule has 1 heterocycles. The standard InChI is InChI=1S/C20H34N2O/c1-5-18(4)22-14-12-21(13-15-22)11-7-9-19-8-6-10-20(16-19)23-17(2)3/h6,8,10,16-18H,5,7,9,11-15H2,1-4H3. The van der Waals surface area contributed by atoms with Crippen molar-refractivity contribution in [3.63, 3.8) is 0 Å². The van der Waals surface area contributed by atoms with Crippen LogP contribution in [0, 0.1) is 0 Å². The van der Waals surface area contributed by atoms with Crippen LogP contribution in [-0.4, -0.2) is 54.7 Å². The highest BCUT2D eigenvalue weighted by molar-refractivity contribution is 5.28. The first-order chi connectivity index (χ1) is 11.1. The molecule has 0 amide bonds. The summed E-state index contributed by atoms with van der Waals surface area (Å²) >= 11 is 0. The normalized spacial score (nSPS) is 18.3. The number of aryl methyl sites for hydroxylation is 1. The number of nitrogens with zero attached hydrogens (tertiary/aromatic N) is 2. The summed E-state index contributed by atoms with van der Waals surface area (Å²) in [4.78, 5) is 5.25. The number of benzene rings is 1. The maximum atomic E-state index is 5.78. The second-order valence-electron chi connectivity index (χ2n) is 7.05. The SMILES string of the molecule is CCC(C)N1CCN(CCCc2cccc(OC(C)C)c2)CC1. The van der Waals surface area contributed by atoms with Gasteiger partial charge in [-0.3, -0.25) is 4.90 Å². The van der Waals surface area contributed by atoms with Gasteiger partial charge in [-0.1, -0.05) is 19.1 Å². The molecule has 2 rings (SSSR count). The zero-order valence-corrected chi connectivity index (χ0v) is 15.4. The lowest BCUT2D eigenvalue weighted by molar-refractivity contribution is 0.1000. The summed E-state index contributed by atoms with van der Waals surface area (Å²) in [6, 6.07) is 9.31. The Labute approximate surface area is 142 Å². The molecule has 1 unspecified atom stereocenters. The Morgan fingerprint density at radius 1 is 1.09 bits per heavy atom. The molecular weight excluding hydrogens is 284 g/mol. The second-order valence-corrected chi connectivity index (χ2v) is 7.05. The van der Waals surface area contributed by atoms with Gasteiger partial charge in [-0.2, -0.15) is 0 Å². The van der Waals surface area contributed by atoms with Crippen LogP contribution in [0.2, 0.25) is 0 Å². The summed E-state index contributed by atoms with van der Waals surface area (Å²) in [5.74, 6) is 1.000. The number of piperazine rings is 1. The van der Waals surface area contributed by atoms with Crippen LogP contribution < -0.4 is 4.74 Å². The van der Waals surface area contributed by atoms with Gasteiger partial charge in [0.15, 0.2) is 0 Å². The highest BCUT2D eigenvalue weighted by atomic mass is 16.5. The van der Waals surface area contributed by atoms with Crippen LogP contribution in [0.4, 0.5) is 0 Å². The molecule has 1 saturated heterocycles. The number of ether oxygens (including phenoxy) is 1. The molecule has 1 aromatic rings. The van der Waals surface area contributed by atoms with Crippen LogP contribution in [0.1, 0.15) is 46.1 Å². The van der Waals surface area contributed by atoms with Crippen molar-refractivity contribution in [2.45, 2.75) is 59.1 Å². The van der Waals surface area contributed by atoms with E-state index < -0.39 is 0 Å². The highest BCUT2D eigenvalue weighted by Crippen LogP contribution is 2.16. The summed E-state index contributed by atoms with van der Waals surface area (Å²) in [7, 11) is 0. The molecule has 1 aliphatic heterocycles. The lowest BCUT2D eigenvalue weighted by atomic mass is 10.1. The molecule has 0 N–H and O–H groups in total. The molecule has 0 radical (unpaired) electrons. The third-order valence-corrected chi connectivity index (χ3v) is 4.83. The summed E-state index contributed by atoms with van der Waals surface area (Å²) in [6.45, 7) is 14.9. The van der Waals surface area contributed by atoms with E-state index in [-0.39, 0.29) is 6.10 Å². The Balaban J connectivity index is 1.70. The van der Waals surface area contributed by atoms with Crippen LogP contribution in [0.25, 0.3) is 0 Å². The quantitative estimate of drug-likeness (QED) is 0.724. The van der Waals surface area contributed by atoms with E-state index in [0.717, 1.165) is 18.2 Å². The molecule has 23 heavy (non-hydrogen) atoms. The molecule has 0 bridgehead atoms. The van der Waals surface area contributed by atoms with Crippen molar-refractivity contribution in [2.75, 3.05) is 32.7 Å². The Morgan fingerprint density at radius 3 is 2.48 bits per heavy atom. The van der Waals surface area contributed by atoms with E-state index in [2.05, 4.69) is 61.8 Å². The topological polar surface area (TPSA) is 15.7 Å². The molecule has 0 spiro atoms. The van der Waals surface area contributed by atoms with Crippen molar-refractivity contribution in [1.82, 2.24) is 9.80 Å². The van der Waals surface area contributed by atoms with E-state index in [1.54, 1.807) is 0 Å². The van der Waals surface area contributed by atoms with Crippen molar-refractivity contribution in [1.29, 1.82) is 0 Å². The van der Waals surface area contributed by atoms with Crippen LogP contribution in [0.3, 0.4) is 0 Å². The van der Waals surface area contributed by atoms with Gasteiger partial charge in [0.25, 0.3) is 0 Å². The van der Waals surface area contributed by atoms with E-state index >= 15 is 0 Å². The van der Waals surface area contributed by atoms with Gasteiger partial charge in [0.2, 0.25) is 0 Å². The molecule has 1 aliphatic rings. The summed E-state index contributed by atoms with van der Waals surface area (Å²) in [5.41, 5.74) is 1.39. The first-order valence-electron chi connectivity index (χ1n) is 9.30. The maximum Gasteiger partial charge on any atom is 0.119 e. The van der Waals surface area contributed by atoms with Crippen LogP contribution in [-0.2, 0) is 6.42 Å². The van der Waals surface area contributed by atoms with Crippen LogP contribution >= 0.6 is 0 Å². The maximum absolute atomic E-state index is 5.78. The van der Waals surface area contributed by atoms with E-state index in [4.69, 9.17) is 4.74 Å². The third-order valence-electron chi connectivity index (χ3n) is 4.83. The molecule has 1 atom stereocenters. The monoisotopic (exact) mass is 318 g/mol. The fourth-order valence-electron chi connectivity index (χ4n) is 3.24. The van der Waals surface area contributed by atoms with E-state index in [1.165, 1.54) is 51.1 Å². The number of hydrogen-bond donors (Lipinski definition) is 0. The molecule has 3 nitrogen and oxygen atoms in total. The highest BCUT2D eigenvalue weighted by Gasteiger charge is 2.19. The zero-order chi connectivity index (χ0) is 16.7. The first kappa shape index (κ1) is 18.3. The van der Waals surface area contributed by atoms with Gasteiger partial charge in [-0.25, -0.2) is 0 Å². The molecule has 3 heteroatoms. The van der Waals surface area contributed by atoms with Gasteiger partial charge >= 0.3 is 0 Å². The number of rotatable bonds is 8. The Morgan fingerprint density at radius 2 is 1.83 bits per heavy atom. The smallest absolute Gasteiger partial charge is 0.119 e. The minimum absolute atomic E-state index is 0.243. The largest absolute Gasteiger partial charge is 0.491 e. The average molecular weight is 319 g/mol. The Bertz CT molecular complexity index is 453. The minimum Gasteiger partial charge on any atom is -0.491 e. The molecule has 1 aromatic carbocycles. The van der Waals surface area contributed by atoms with Crippen molar-refractivity contribution in [2.24, 2.45) is 0 Å². The predicted octanol–water partition coefficient (Wildman–Crippen LogP) is 3.82.